The van der Waals surface area contributed by atoms with Crippen molar-refractivity contribution >= 4 is 17.9 Å². The Morgan fingerprint density at radius 3 is 2.67 bits per heavy atom. The van der Waals surface area contributed by atoms with E-state index in [4.69, 9.17) is 4.42 Å². The van der Waals surface area contributed by atoms with Gasteiger partial charge in [0.05, 0.1) is 18.0 Å². The third-order valence-corrected chi connectivity index (χ3v) is 3.71. The Bertz CT molecular complexity index is 508. The number of carbonyl (C=O) groups excluding carboxylic acids is 1. The summed E-state index contributed by atoms with van der Waals surface area (Å²) in [6, 6.07) is 0.107. The second-order valence-electron chi connectivity index (χ2n) is 4.66. The number of oxazole rings is 1. The first-order valence-corrected chi connectivity index (χ1v) is 5.78. The minimum absolute atomic E-state index is 0.00561. The summed E-state index contributed by atoms with van der Waals surface area (Å²) in [4.78, 5) is 27.2. The molecule has 6 nitrogen and oxygen atoms in total. The summed E-state index contributed by atoms with van der Waals surface area (Å²) in [5.74, 6) is -2.46. The normalized spacial score (nSPS) is 32.7. The van der Waals surface area contributed by atoms with E-state index in [9.17, 15) is 14.7 Å². The van der Waals surface area contributed by atoms with Crippen LogP contribution >= 0.6 is 0 Å². The zero-order valence-electron chi connectivity index (χ0n) is 9.45. The Kier molecular flexibility index (Phi) is 2.43. The van der Waals surface area contributed by atoms with Gasteiger partial charge in [-0.2, -0.15) is 0 Å². The molecule has 3 rings (SSSR count). The molecule has 0 aliphatic heterocycles. The predicted molar refractivity (Wildman–Crippen MR) is 60.5 cm³/mol. The highest BCUT2D eigenvalue weighted by Gasteiger charge is 2.51. The van der Waals surface area contributed by atoms with Gasteiger partial charge in [-0.25, -0.2) is 4.98 Å². The molecule has 4 atom stereocenters. The van der Waals surface area contributed by atoms with Crippen molar-refractivity contribution in [3.63, 3.8) is 0 Å². The van der Waals surface area contributed by atoms with Crippen LogP contribution in [-0.2, 0) is 9.59 Å². The van der Waals surface area contributed by atoms with Crippen molar-refractivity contribution in [3.05, 3.63) is 24.6 Å². The molecule has 1 aromatic rings. The smallest absolute Gasteiger partial charge is 0.307 e. The number of amides is 1. The summed E-state index contributed by atoms with van der Waals surface area (Å²) in [5.41, 5.74) is 0. The molecule has 0 saturated heterocycles. The van der Waals surface area contributed by atoms with Gasteiger partial charge < -0.3 is 9.52 Å². The maximum Gasteiger partial charge on any atom is 0.307 e. The number of carboxylic acid groups (broad SMARTS) is 1. The van der Waals surface area contributed by atoms with Gasteiger partial charge in [-0.3, -0.25) is 14.9 Å². The molecule has 1 aromatic heterocycles. The molecule has 1 fully saturated rings. The lowest BCUT2D eigenvalue weighted by atomic mass is 9.82. The van der Waals surface area contributed by atoms with Gasteiger partial charge in [-0.05, 0) is 18.3 Å². The number of hydrogen-bond acceptors (Lipinski definition) is 4. The van der Waals surface area contributed by atoms with Gasteiger partial charge >= 0.3 is 12.0 Å². The van der Waals surface area contributed by atoms with Gasteiger partial charge in [0.25, 0.3) is 0 Å². The van der Waals surface area contributed by atoms with Crippen molar-refractivity contribution in [2.75, 3.05) is 5.32 Å². The van der Waals surface area contributed by atoms with Crippen LogP contribution < -0.4 is 5.32 Å². The molecular weight excluding hydrogens is 236 g/mol. The molecule has 1 heterocycles. The first-order valence-electron chi connectivity index (χ1n) is 5.78. The van der Waals surface area contributed by atoms with Gasteiger partial charge in [0.1, 0.15) is 6.26 Å². The fourth-order valence-corrected chi connectivity index (χ4v) is 2.99. The summed E-state index contributed by atoms with van der Waals surface area (Å²) < 4.78 is 4.93. The number of rotatable bonds is 3. The number of carboxylic acids is 1. The number of carbonyl (C=O) groups is 2. The van der Waals surface area contributed by atoms with Crippen LogP contribution in [0.25, 0.3) is 0 Å². The van der Waals surface area contributed by atoms with Crippen LogP contribution in [0.3, 0.4) is 0 Å². The van der Waals surface area contributed by atoms with Crippen LogP contribution in [0.4, 0.5) is 6.01 Å². The third kappa shape index (κ3) is 1.61. The number of hydrogen-bond donors (Lipinski definition) is 2. The van der Waals surface area contributed by atoms with Gasteiger partial charge in [-0.1, -0.05) is 12.2 Å². The molecule has 4 unspecified atom stereocenters. The molecule has 2 N–H and O–H groups in total. The Morgan fingerprint density at radius 1 is 1.33 bits per heavy atom. The van der Waals surface area contributed by atoms with Crippen LogP contribution in [-0.4, -0.2) is 22.0 Å². The molecule has 2 aliphatic carbocycles. The summed E-state index contributed by atoms with van der Waals surface area (Å²) in [6.07, 6.45) is 7.35. The lowest BCUT2D eigenvalue weighted by Gasteiger charge is -2.22. The second kappa shape index (κ2) is 3.97. The average Bonchev–Trinajstić information content (AvgIpc) is 3.03. The number of anilines is 1. The zero-order valence-corrected chi connectivity index (χ0v) is 9.45. The van der Waals surface area contributed by atoms with Crippen molar-refractivity contribution in [3.8, 4) is 0 Å². The van der Waals surface area contributed by atoms with Crippen molar-refractivity contribution in [1.29, 1.82) is 0 Å². The van der Waals surface area contributed by atoms with E-state index in [0.717, 1.165) is 6.42 Å². The topological polar surface area (TPSA) is 92.4 Å². The van der Waals surface area contributed by atoms with E-state index < -0.39 is 17.8 Å². The van der Waals surface area contributed by atoms with Crippen LogP contribution in [0.15, 0.2) is 29.0 Å². The molecule has 1 saturated carbocycles. The van der Waals surface area contributed by atoms with Crippen molar-refractivity contribution in [2.24, 2.45) is 23.7 Å². The maximum absolute atomic E-state index is 12.1. The average molecular weight is 248 g/mol. The molecule has 1 amide bonds. The number of nitrogens with one attached hydrogen (secondary N) is 1. The molecule has 2 aliphatic rings. The molecule has 0 radical (unpaired) electrons. The van der Waals surface area contributed by atoms with Crippen LogP contribution in [0, 0.1) is 23.7 Å². The number of allylic oxidation sites excluding steroid dienone is 2. The van der Waals surface area contributed by atoms with E-state index in [1.807, 2.05) is 12.2 Å². The van der Waals surface area contributed by atoms with Gasteiger partial charge in [0.2, 0.25) is 5.91 Å². The van der Waals surface area contributed by atoms with E-state index in [-0.39, 0.29) is 23.8 Å². The van der Waals surface area contributed by atoms with Crippen LogP contribution in [0.1, 0.15) is 6.42 Å². The van der Waals surface area contributed by atoms with Crippen molar-refractivity contribution < 1.29 is 19.1 Å². The van der Waals surface area contributed by atoms with Crippen LogP contribution in [0.5, 0.6) is 0 Å². The minimum Gasteiger partial charge on any atom is -0.481 e. The number of aliphatic carboxylic acids is 1. The summed E-state index contributed by atoms with van der Waals surface area (Å²) in [5, 5.41) is 11.7. The van der Waals surface area contributed by atoms with E-state index in [1.54, 1.807) is 0 Å². The Labute approximate surface area is 103 Å². The highest BCUT2D eigenvalue weighted by atomic mass is 16.4. The second-order valence-corrected chi connectivity index (χ2v) is 4.66. The van der Waals surface area contributed by atoms with Crippen molar-refractivity contribution in [2.45, 2.75) is 6.42 Å². The number of fused-ring (bicyclic) bond motifs is 2. The number of aromatic nitrogens is 1. The molecular formula is C12H12N2O4. The number of nitrogens with zero attached hydrogens (tertiary/aromatic N) is 1. The van der Waals surface area contributed by atoms with E-state index in [0.29, 0.717) is 0 Å². The Morgan fingerprint density at radius 2 is 2.06 bits per heavy atom. The monoisotopic (exact) mass is 248 g/mol. The van der Waals surface area contributed by atoms with E-state index >= 15 is 0 Å². The third-order valence-electron chi connectivity index (χ3n) is 3.71. The molecule has 0 spiro atoms. The Balaban J connectivity index is 1.80. The van der Waals surface area contributed by atoms with Gasteiger partial charge in [0, 0.05) is 0 Å². The van der Waals surface area contributed by atoms with Gasteiger partial charge in [0.15, 0.2) is 0 Å². The highest BCUT2D eigenvalue weighted by Crippen LogP contribution is 2.48. The lowest BCUT2D eigenvalue weighted by Crippen LogP contribution is -2.36. The van der Waals surface area contributed by atoms with E-state index in [2.05, 4.69) is 10.3 Å². The maximum atomic E-state index is 12.1. The molecule has 6 heteroatoms. The summed E-state index contributed by atoms with van der Waals surface area (Å²) >= 11 is 0. The van der Waals surface area contributed by atoms with E-state index in [1.165, 1.54) is 12.5 Å². The molecule has 0 aromatic carbocycles. The molecule has 18 heavy (non-hydrogen) atoms. The summed E-state index contributed by atoms with van der Waals surface area (Å²) in [7, 11) is 0. The Hall–Kier alpha value is -2.11. The predicted octanol–water partition coefficient (Wildman–Crippen LogP) is 1.14. The lowest BCUT2D eigenvalue weighted by molar-refractivity contribution is -0.146. The first-order chi connectivity index (χ1) is 8.66. The quantitative estimate of drug-likeness (QED) is 0.782. The summed E-state index contributed by atoms with van der Waals surface area (Å²) in [6.45, 7) is 0. The minimum atomic E-state index is -0.917. The fraction of sp³-hybridized carbons (Fsp3) is 0.417. The SMILES string of the molecule is O=C(O)C1C2C=CC(C2)C1C(=O)Nc1ncco1. The zero-order chi connectivity index (χ0) is 12.7. The van der Waals surface area contributed by atoms with Gasteiger partial charge in [-0.15, -0.1) is 0 Å². The highest BCUT2D eigenvalue weighted by molar-refractivity contribution is 5.94. The van der Waals surface area contributed by atoms with Crippen LogP contribution in [0.2, 0.25) is 0 Å². The standard InChI is InChI=1S/C12H12N2O4/c15-10(14-12-13-3-4-18-12)8-6-1-2-7(5-6)9(8)11(16)17/h1-4,6-9H,5H2,(H,16,17)(H,13,14,15). The first kappa shape index (κ1) is 11.0. The fourth-order valence-electron chi connectivity index (χ4n) is 2.99. The molecule has 94 valence electrons. The van der Waals surface area contributed by atoms with Crippen molar-refractivity contribution in [1.82, 2.24) is 4.98 Å². The largest absolute Gasteiger partial charge is 0.481 e. The molecule has 2 bridgehead atoms.